The molecule has 0 radical (unpaired) electrons. The Bertz CT molecular complexity index is 1450. The smallest absolute Gasteiger partial charge is 0.269 e. The normalized spacial score (nSPS) is 15.7. The summed E-state index contributed by atoms with van der Waals surface area (Å²) in [6.07, 6.45) is 1.71. The summed E-state index contributed by atoms with van der Waals surface area (Å²) in [5.41, 5.74) is 2.81. The lowest BCUT2D eigenvalue weighted by Crippen LogP contribution is -2.28. The number of furan rings is 1. The topological polar surface area (TPSA) is 88.9 Å². The first-order valence-electron chi connectivity index (χ1n) is 11.3. The Hall–Kier alpha value is -4.43. The van der Waals surface area contributed by atoms with Gasteiger partial charge in [0, 0.05) is 23.8 Å². The lowest BCUT2D eigenvalue weighted by molar-refractivity contribution is -0.384. The van der Waals surface area contributed by atoms with Crippen molar-refractivity contribution in [2.75, 3.05) is 0 Å². The van der Waals surface area contributed by atoms with Gasteiger partial charge in [0.15, 0.2) is 5.17 Å². The van der Waals surface area contributed by atoms with Gasteiger partial charge in [-0.1, -0.05) is 60.7 Å². The second-order valence-corrected chi connectivity index (χ2v) is 9.09. The number of carbonyl (C=O) groups is 1. The lowest BCUT2D eigenvalue weighted by atomic mass is 10.1. The van der Waals surface area contributed by atoms with E-state index in [2.05, 4.69) is 0 Å². The van der Waals surface area contributed by atoms with Gasteiger partial charge in [-0.15, -0.1) is 0 Å². The van der Waals surface area contributed by atoms with Crippen LogP contribution in [0.1, 0.15) is 16.9 Å². The molecule has 1 fully saturated rings. The number of nitro groups is 1. The molecule has 1 aliphatic rings. The summed E-state index contributed by atoms with van der Waals surface area (Å²) < 4.78 is 5.93. The fourth-order valence-electron chi connectivity index (χ4n) is 3.74. The van der Waals surface area contributed by atoms with E-state index in [1.807, 2.05) is 60.7 Å². The predicted molar refractivity (Wildman–Crippen MR) is 141 cm³/mol. The van der Waals surface area contributed by atoms with Gasteiger partial charge in [0.05, 0.1) is 22.9 Å². The molecule has 0 unspecified atom stereocenters. The third-order valence-corrected chi connectivity index (χ3v) is 6.62. The molecule has 8 heteroatoms. The zero-order valence-electron chi connectivity index (χ0n) is 19.1. The van der Waals surface area contributed by atoms with Crippen LogP contribution in [0.5, 0.6) is 0 Å². The van der Waals surface area contributed by atoms with Crippen LogP contribution >= 0.6 is 11.8 Å². The second kappa shape index (κ2) is 10.5. The van der Waals surface area contributed by atoms with Crippen LogP contribution in [0, 0.1) is 10.1 Å². The molecule has 1 amide bonds. The fraction of sp³-hybridized carbons (Fsp3) is 0.0714. The first-order chi connectivity index (χ1) is 17.6. The molecule has 3 aromatic carbocycles. The summed E-state index contributed by atoms with van der Waals surface area (Å²) in [5, 5.41) is 11.5. The van der Waals surface area contributed by atoms with Crippen LogP contribution in [0.25, 0.3) is 17.4 Å². The maximum Gasteiger partial charge on any atom is 0.269 e. The van der Waals surface area contributed by atoms with Crippen molar-refractivity contribution in [2.24, 2.45) is 4.99 Å². The summed E-state index contributed by atoms with van der Waals surface area (Å²) in [6, 6.07) is 29.4. The molecule has 178 valence electrons. The number of benzene rings is 3. The maximum absolute atomic E-state index is 13.4. The number of nitrogens with zero attached hydrogens (tertiary/aromatic N) is 3. The van der Waals surface area contributed by atoms with Crippen molar-refractivity contribution in [3.8, 4) is 11.3 Å². The van der Waals surface area contributed by atoms with E-state index in [1.165, 1.54) is 23.9 Å². The molecule has 1 aliphatic heterocycles. The number of non-ortho nitro benzene ring substituents is 1. The fourth-order valence-corrected chi connectivity index (χ4v) is 4.69. The summed E-state index contributed by atoms with van der Waals surface area (Å²) >= 11 is 1.32. The summed E-state index contributed by atoms with van der Waals surface area (Å²) in [4.78, 5) is 30.8. The van der Waals surface area contributed by atoms with E-state index in [-0.39, 0.29) is 11.6 Å². The van der Waals surface area contributed by atoms with Gasteiger partial charge in [0.25, 0.3) is 11.6 Å². The first-order valence-corrected chi connectivity index (χ1v) is 12.1. The Labute approximate surface area is 211 Å². The molecule has 2 heterocycles. The van der Waals surface area contributed by atoms with E-state index >= 15 is 0 Å². The highest BCUT2D eigenvalue weighted by Gasteiger charge is 2.33. The Kier molecular flexibility index (Phi) is 6.77. The number of aliphatic imine (C=N–C) groups is 1. The van der Waals surface area contributed by atoms with Crippen molar-refractivity contribution in [3.05, 3.63) is 129 Å². The number of hydrogen-bond donors (Lipinski definition) is 0. The molecule has 0 atom stereocenters. The van der Waals surface area contributed by atoms with Crippen LogP contribution in [-0.2, 0) is 17.9 Å². The molecule has 7 nitrogen and oxygen atoms in total. The molecule has 0 aliphatic carbocycles. The molecule has 36 heavy (non-hydrogen) atoms. The SMILES string of the molecule is O=C1/C(=C/c2ccc(-c3ccc([N+](=O)[O-])cc3)o2)SC(=NCc2ccccc2)N1Cc1ccccc1. The van der Waals surface area contributed by atoms with Gasteiger partial charge >= 0.3 is 0 Å². The molecule has 1 aromatic heterocycles. The van der Waals surface area contributed by atoms with Crippen molar-refractivity contribution in [1.82, 2.24) is 4.90 Å². The van der Waals surface area contributed by atoms with Crippen LogP contribution in [0.4, 0.5) is 5.69 Å². The number of thioether (sulfide) groups is 1. The summed E-state index contributed by atoms with van der Waals surface area (Å²) in [5.74, 6) is 0.943. The van der Waals surface area contributed by atoms with E-state index in [0.29, 0.717) is 40.2 Å². The Morgan fingerprint density at radius 3 is 2.22 bits per heavy atom. The van der Waals surface area contributed by atoms with Crippen molar-refractivity contribution in [1.29, 1.82) is 0 Å². The zero-order chi connectivity index (χ0) is 24.9. The quantitative estimate of drug-likeness (QED) is 0.165. The minimum absolute atomic E-state index is 0.0152. The number of amides is 1. The predicted octanol–water partition coefficient (Wildman–Crippen LogP) is 6.53. The van der Waals surface area contributed by atoms with E-state index in [4.69, 9.17) is 9.41 Å². The highest BCUT2D eigenvalue weighted by molar-refractivity contribution is 8.18. The third-order valence-electron chi connectivity index (χ3n) is 5.57. The number of rotatable bonds is 7. The molecule has 4 aromatic rings. The highest BCUT2D eigenvalue weighted by Crippen LogP contribution is 2.35. The number of hydrogen-bond acceptors (Lipinski definition) is 6. The van der Waals surface area contributed by atoms with Crippen molar-refractivity contribution in [2.45, 2.75) is 13.1 Å². The van der Waals surface area contributed by atoms with Crippen LogP contribution in [-0.4, -0.2) is 20.9 Å². The molecule has 1 saturated heterocycles. The van der Waals surface area contributed by atoms with Crippen LogP contribution < -0.4 is 0 Å². The van der Waals surface area contributed by atoms with Gasteiger partial charge in [-0.3, -0.25) is 24.8 Å². The molecular weight excluding hydrogens is 474 g/mol. The van der Waals surface area contributed by atoms with Gasteiger partial charge in [0.2, 0.25) is 0 Å². The first kappa shape index (κ1) is 23.3. The molecule has 0 bridgehead atoms. The molecule has 0 saturated carbocycles. The summed E-state index contributed by atoms with van der Waals surface area (Å²) in [6.45, 7) is 0.893. The summed E-state index contributed by atoms with van der Waals surface area (Å²) in [7, 11) is 0. The van der Waals surface area contributed by atoms with Gasteiger partial charge in [-0.2, -0.15) is 0 Å². The Morgan fingerprint density at radius 2 is 1.56 bits per heavy atom. The van der Waals surface area contributed by atoms with Crippen LogP contribution in [0.2, 0.25) is 0 Å². The average Bonchev–Trinajstić information content (AvgIpc) is 3.49. The Balaban J connectivity index is 1.40. The second-order valence-electron chi connectivity index (χ2n) is 8.08. The number of carbonyl (C=O) groups excluding carboxylic acids is 1. The maximum atomic E-state index is 13.4. The van der Waals surface area contributed by atoms with Crippen molar-refractivity contribution < 1.29 is 14.1 Å². The Morgan fingerprint density at radius 1 is 0.889 bits per heavy atom. The van der Waals surface area contributed by atoms with E-state index in [0.717, 1.165) is 11.1 Å². The lowest BCUT2D eigenvalue weighted by Gasteiger charge is -2.15. The minimum atomic E-state index is -0.442. The van der Waals surface area contributed by atoms with Crippen molar-refractivity contribution >= 4 is 34.6 Å². The van der Waals surface area contributed by atoms with E-state index in [1.54, 1.807) is 35.2 Å². The van der Waals surface area contributed by atoms with Crippen molar-refractivity contribution in [3.63, 3.8) is 0 Å². The van der Waals surface area contributed by atoms with Crippen LogP contribution in [0.3, 0.4) is 0 Å². The molecule has 0 N–H and O–H groups in total. The highest BCUT2D eigenvalue weighted by atomic mass is 32.2. The van der Waals surface area contributed by atoms with Gasteiger partial charge in [-0.05, 0) is 47.2 Å². The average molecular weight is 496 g/mol. The zero-order valence-corrected chi connectivity index (χ0v) is 19.9. The van der Waals surface area contributed by atoms with Gasteiger partial charge < -0.3 is 4.42 Å². The van der Waals surface area contributed by atoms with Gasteiger partial charge in [-0.25, -0.2) is 0 Å². The van der Waals surface area contributed by atoms with E-state index < -0.39 is 4.92 Å². The van der Waals surface area contributed by atoms with Crippen LogP contribution in [0.15, 0.2) is 111 Å². The molecular formula is C28H21N3O4S. The number of amidine groups is 1. The van der Waals surface area contributed by atoms with Gasteiger partial charge in [0.1, 0.15) is 11.5 Å². The minimum Gasteiger partial charge on any atom is -0.457 e. The standard InChI is InChI=1S/C28H21N3O4S/c32-27-26(17-24-15-16-25(35-24)22-11-13-23(14-12-22)31(33)34)36-28(29-18-20-7-3-1-4-8-20)30(27)19-21-9-5-2-6-10-21/h1-17H,18-19H2/b26-17-,29-28?. The molecule has 5 rings (SSSR count). The largest absolute Gasteiger partial charge is 0.457 e. The third kappa shape index (κ3) is 5.29. The van der Waals surface area contributed by atoms with E-state index in [9.17, 15) is 14.9 Å². The monoisotopic (exact) mass is 495 g/mol. The number of nitro benzene ring substituents is 1. The molecule has 0 spiro atoms.